The van der Waals surface area contributed by atoms with Gasteiger partial charge < -0.3 is 16.4 Å². The number of hydrogen-bond donors (Lipinski definition) is 3. The number of nitrogens with one attached hydrogen (secondary N) is 2. The van der Waals surface area contributed by atoms with Crippen molar-refractivity contribution in [2.45, 2.75) is 6.54 Å². The van der Waals surface area contributed by atoms with Crippen LogP contribution in [0.4, 0.5) is 10.1 Å². The summed E-state index contributed by atoms with van der Waals surface area (Å²) in [5.74, 6) is -0.764. The van der Waals surface area contributed by atoms with E-state index in [-0.39, 0.29) is 12.4 Å². The van der Waals surface area contributed by atoms with Crippen LogP contribution in [0.5, 0.6) is 0 Å². The van der Waals surface area contributed by atoms with Gasteiger partial charge in [-0.3, -0.25) is 4.79 Å². The number of hydrogen-bond acceptors (Lipinski definition) is 2. The van der Waals surface area contributed by atoms with E-state index in [1.165, 1.54) is 6.07 Å². The topological polar surface area (TPSA) is 67.2 Å². The molecule has 0 atom stereocenters. The lowest BCUT2D eigenvalue weighted by Gasteiger charge is -2.11. The average molecular weight is 303 g/mol. The summed E-state index contributed by atoms with van der Waals surface area (Å²) < 4.78 is 13.4. The number of anilines is 1. The molecule has 0 bridgehead atoms. The molecule has 0 saturated heterocycles. The summed E-state index contributed by atoms with van der Waals surface area (Å²) in [4.78, 5) is 11.0. The van der Waals surface area contributed by atoms with Gasteiger partial charge in [0.1, 0.15) is 5.82 Å². The first-order valence-corrected chi connectivity index (χ1v) is 6.65. The molecule has 6 heteroatoms. The Labute approximate surface area is 127 Å². The standard InChI is InChI=1S/C15H14FN3OS/c16-13-4-2-1-3-11(13)9-18-15(21)19-12-7-5-10(6-8-12)14(17)20/h1-8H,9H2,(H2,17,20)(H2,18,19,21). The number of benzene rings is 2. The normalized spacial score (nSPS) is 9.95. The van der Waals surface area contributed by atoms with Crippen LogP contribution >= 0.6 is 12.2 Å². The highest BCUT2D eigenvalue weighted by atomic mass is 32.1. The van der Waals surface area contributed by atoms with Crippen molar-refractivity contribution in [3.05, 3.63) is 65.5 Å². The predicted molar refractivity (Wildman–Crippen MR) is 84.4 cm³/mol. The molecular formula is C15H14FN3OS. The van der Waals surface area contributed by atoms with E-state index >= 15 is 0 Å². The minimum atomic E-state index is -0.484. The third-order valence-electron chi connectivity index (χ3n) is 2.82. The largest absolute Gasteiger partial charge is 0.366 e. The van der Waals surface area contributed by atoms with Gasteiger partial charge in [-0.05, 0) is 42.5 Å². The second kappa shape index (κ2) is 6.81. The van der Waals surface area contributed by atoms with Gasteiger partial charge in [0.05, 0.1) is 0 Å². The Morgan fingerprint density at radius 1 is 1.14 bits per heavy atom. The fourth-order valence-corrected chi connectivity index (χ4v) is 1.90. The first-order chi connectivity index (χ1) is 10.1. The Balaban J connectivity index is 1.90. The smallest absolute Gasteiger partial charge is 0.248 e. The van der Waals surface area contributed by atoms with Crippen molar-refractivity contribution in [3.63, 3.8) is 0 Å². The maximum absolute atomic E-state index is 13.4. The zero-order chi connectivity index (χ0) is 15.2. The third-order valence-corrected chi connectivity index (χ3v) is 3.07. The van der Waals surface area contributed by atoms with Gasteiger partial charge in [-0.2, -0.15) is 0 Å². The highest BCUT2D eigenvalue weighted by Gasteiger charge is 2.03. The summed E-state index contributed by atoms with van der Waals surface area (Å²) in [5, 5.41) is 6.22. The van der Waals surface area contributed by atoms with Crippen LogP contribution in [-0.4, -0.2) is 11.0 Å². The summed E-state index contributed by atoms with van der Waals surface area (Å²) in [6.45, 7) is 0.290. The van der Waals surface area contributed by atoms with E-state index in [1.807, 2.05) is 0 Å². The van der Waals surface area contributed by atoms with Crippen molar-refractivity contribution in [3.8, 4) is 0 Å². The van der Waals surface area contributed by atoms with Gasteiger partial charge in [0.25, 0.3) is 0 Å². The van der Waals surface area contributed by atoms with E-state index in [2.05, 4.69) is 10.6 Å². The minimum absolute atomic E-state index is 0.279. The fourth-order valence-electron chi connectivity index (χ4n) is 1.71. The molecule has 0 heterocycles. The first-order valence-electron chi connectivity index (χ1n) is 6.24. The van der Waals surface area contributed by atoms with E-state index in [0.717, 1.165) is 0 Å². The van der Waals surface area contributed by atoms with Crippen molar-refractivity contribution in [1.82, 2.24) is 5.32 Å². The van der Waals surface area contributed by atoms with Gasteiger partial charge in [-0.1, -0.05) is 18.2 Å². The molecule has 2 aromatic carbocycles. The molecule has 1 amide bonds. The number of amides is 1. The lowest BCUT2D eigenvalue weighted by atomic mass is 10.2. The van der Waals surface area contributed by atoms with Gasteiger partial charge in [0.15, 0.2) is 5.11 Å². The molecule has 4 N–H and O–H groups in total. The van der Waals surface area contributed by atoms with E-state index < -0.39 is 5.91 Å². The number of carbonyl (C=O) groups excluding carboxylic acids is 1. The molecule has 2 rings (SSSR count). The Morgan fingerprint density at radius 3 is 2.43 bits per heavy atom. The van der Waals surface area contributed by atoms with Crippen molar-refractivity contribution in [2.75, 3.05) is 5.32 Å². The first kappa shape index (κ1) is 14.9. The summed E-state index contributed by atoms with van der Waals surface area (Å²) in [6, 6.07) is 13.1. The van der Waals surface area contributed by atoms with E-state index in [9.17, 15) is 9.18 Å². The van der Waals surface area contributed by atoms with Crippen LogP contribution in [0.2, 0.25) is 0 Å². The molecule has 0 unspecified atom stereocenters. The predicted octanol–water partition coefficient (Wildman–Crippen LogP) is 2.41. The van der Waals surface area contributed by atoms with Crippen molar-refractivity contribution in [1.29, 1.82) is 0 Å². The Morgan fingerprint density at radius 2 is 1.81 bits per heavy atom. The highest BCUT2D eigenvalue weighted by molar-refractivity contribution is 7.80. The SMILES string of the molecule is NC(=O)c1ccc(NC(=S)NCc2ccccc2F)cc1. The molecule has 0 fully saturated rings. The average Bonchev–Trinajstić information content (AvgIpc) is 2.47. The summed E-state index contributed by atoms with van der Waals surface area (Å²) in [6.07, 6.45) is 0. The van der Waals surface area contributed by atoms with Gasteiger partial charge in [0, 0.05) is 23.4 Å². The van der Waals surface area contributed by atoms with Crippen LogP contribution in [0.3, 0.4) is 0 Å². The van der Waals surface area contributed by atoms with Crippen molar-refractivity contribution < 1.29 is 9.18 Å². The zero-order valence-electron chi connectivity index (χ0n) is 11.1. The van der Waals surface area contributed by atoms with Gasteiger partial charge in [-0.25, -0.2) is 4.39 Å². The Bertz CT molecular complexity index is 658. The molecule has 0 aliphatic heterocycles. The maximum atomic E-state index is 13.4. The molecule has 2 aromatic rings. The van der Waals surface area contributed by atoms with Gasteiger partial charge in [0.2, 0.25) is 5.91 Å². The van der Waals surface area contributed by atoms with Crippen molar-refractivity contribution in [2.24, 2.45) is 5.73 Å². The molecule has 4 nitrogen and oxygen atoms in total. The number of halogens is 1. The second-order valence-corrected chi connectivity index (χ2v) is 4.75. The quantitative estimate of drug-likeness (QED) is 0.759. The Hall–Kier alpha value is -2.47. The lowest BCUT2D eigenvalue weighted by Crippen LogP contribution is -2.28. The molecule has 21 heavy (non-hydrogen) atoms. The van der Waals surface area contributed by atoms with E-state index in [4.69, 9.17) is 18.0 Å². The van der Waals surface area contributed by atoms with Crippen LogP contribution in [0, 0.1) is 5.82 Å². The molecule has 0 spiro atoms. The molecule has 0 radical (unpaired) electrons. The number of primary amides is 1. The maximum Gasteiger partial charge on any atom is 0.248 e. The van der Waals surface area contributed by atoms with E-state index in [1.54, 1.807) is 42.5 Å². The van der Waals surface area contributed by atoms with Gasteiger partial charge >= 0.3 is 0 Å². The zero-order valence-corrected chi connectivity index (χ0v) is 11.9. The molecule has 0 aliphatic carbocycles. The summed E-state index contributed by atoms with van der Waals surface area (Å²) in [5.41, 5.74) is 6.83. The second-order valence-electron chi connectivity index (χ2n) is 4.34. The molecule has 0 aliphatic rings. The van der Waals surface area contributed by atoms with Crippen LogP contribution in [-0.2, 0) is 6.54 Å². The van der Waals surface area contributed by atoms with E-state index in [0.29, 0.717) is 21.9 Å². The van der Waals surface area contributed by atoms with Crippen LogP contribution in [0.15, 0.2) is 48.5 Å². The number of nitrogens with two attached hydrogens (primary N) is 1. The molecular weight excluding hydrogens is 289 g/mol. The third kappa shape index (κ3) is 4.25. The van der Waals surface area contributed by atoms with Crippen molar-refractivity contribution >= 4 is 28.9 Å². The lowest BCUT2D eigenvalue weighted by molar-refractivity contribution is 0.100. The summed E-state index contributed by atoms with van der Waals surface area (Å²) >= 11 is 5.13. The number of thiocarbonyl (C=S) groups is 1. The summed E-state index contributed by atoms with van der Waals surface area (Å²) in [7, 11) is 0. The minimum Gasteiger partial charge on any atom is -0.366 e. The van der Waals surface area contributed by atoms with Crippen LogP contribution < -0.4 is 16.4 Å². The Kier molecular flexibility index (Phi) is 4.84. The fraction of sp³-hybridized carbons (Fsp3) is 0.0667. The number of carbonyl (C=O) groups is 1. The van der Waals surface area contributed by atoms with Crippen LogP contribution in [0.1, 0.15) is 15.9 Å². The van der Waals surface area contributed by atoms with Crippen LogP contribution in [0.25, 0.3) is 0 Å². The monoisotopic (exact) mass is 303 g/mol. The molecule has 0 saturated carbocycles. The molecule has 0 aromatic heterocycles. The van der Waals surface area contributed by atoms with Gasteiger partial charge in [-0.15, -0.1) is 0 Å². The highest BCUT2D eigenvalue weighted by Crippen LogP contribution is 2.09. The molecule has 108 valence electrons. The number of rotatable bonds is 4.